The maximum atomic E-state index is 10.7. The van der Waals surface area contributed by atoms with Crippen molar-refractivity contribution < 1.29 is 8.39 Å². The lowest BCUT2D eigenvalue weighted by atomic mass is 13.9. The quantitative estimate of drug-likeness (QED) is 0.513. The summed E-state index contributed by atoms with van der Waals surface area (Å²) in [5.74, 6) is 0. The fraction of sp³-hybridized carbons (Fsp3) is 0. The molecule has 0 aromatic rings. The fourth-order valence-electron chi connectivity index (χ4n) is 0. The van der Waals surface area contributed by atoms with Crippen molar-refractivity contribution >= 4 is 18.1 Å². The number of rotatable bonds is 1. The van der Waals surface area contributed by atoms with Crippen molar-refractivity contribution in [1.82, 2.24) is 4.86 Å². The Bertz CT molecular complexity index is 21.6. The molecule has 0 saturated heterocycles. The maximum absolute atomic E-state index is 10.7. The summed E-state index contributed by atoms with van der Waals surface area (Å²) in [4.78, 5) is 1.68. The van der Waals surface area contributed by atoms with E-state index < -0.39 is 8.69 Å². The third-order valence-electron chi connectivity index (χ3n) is 0.0976. The largest absolute Gasteiger partial charge is 0.346 e. The first-order chi connectivity index (χ1) is 2.27. The van der Waals surface area contributed by atoms with Gasteiger partial charge in [0.05, 0.1) is 0 Å². The molecule has 1 N–H and O–H groups in total. The van der Waals surface area contributed by atoms with E-state index in [0.29, 0.717) is 0 Å². The molecule has 0 radical (unpaired) electrons. The molecule has 0 fully saturated rings. The summed E-state index contributed by atoms with van der Waals surface area (Å²) in [5, 5.41) is 0. The molecule has 5 heavy (non-hydrogen) atoms. The van der Waals surface area contributed by atoms with Gasteiger partial charge in [0.15, 0.2) is 0 Å². The minimum absolute atomic E-state index is 1.68. The van der Waals surface area contributed by atoms with Crippen LogP contribution in [0.4, 0.5) is 8.39 Å². The lowest BCUT2D eigenvalue weighted by Crippen LogP contribution is -1.71. The molecular weight excluding hydrogens is 114 g/mol. The van der Waals surface area contributed by atoms with Crippen LogP contribution in [0.25, 0.3) is 0 Å². The van der Waals surface area contributed by atoms with Crippen LogP contribution in [-0.2, 0) is 0 Å². The Morgan fingerprint density at radius 3 is 1.80 bits per heavy atom. The molecule has 0 aromatic heterocycles. The summed E-state index contributed by atoms with van der Waals surface area (Å²) in [7, 11) is -1.16. The van der Waals surface area contributed by atoms with Crippen LogP contribution >= 0.6 is 18.1 Å². The van der Waals surface area contributed by atoms with Crippen molar-refractivity contribution in [2.45, 2.75) is 0 Å². The molecule has 0 rings (SSSR count). The van der Waals surface area contributed by atoms with E-state index in [9.17, 15) is 8.39 Å². The van der Waals surface area contributed by atoms with Crippen LogP contribution in [0.15, 0.2) is 0 Å². The van der Waals surface area contributed by atoms with Gasteiger partial charge in [0.1, 0.15) is 0 Å². The topological polar surface area (TPSA) is 12.0 Å². The Kier molecular flexibility index (Phi) is 3.29. The zero-order valence-corrected chi connectivity index (χ0v) is 4.33. The van der Waals surface area contributed by atoms with Gasteiger partial charge in [0.25, 0.3) is 0 Å². The Hall–Kier alpha value is 0.680. The van der Waals surface area contributed by atoms with Gasteiger partial charge in [-0.2, -0.15) is 8.39 Å². The third kappa shape index (κ3) is 4.68. The average molecular weight is 117 g/mol. The predicted molar refractivity (Wildman–Crippen MR) is 22.0 cm³/mol. The highest BCUT2D eigenvalue weighted by atomic mass is 31.2. The summed E-state index contributed by atoms with van der Waals surface area (Å²) in [5.41, 5.74) is 0. The SMILES string of the molecule is FP(F)NP. The molecule has 0 saturated carbocycles. The predicted octanol–water partition coefficient (Wildman–Crippen LogP) is 1.53. The fourth-order valence-corrected chi connectivity index (χ4v) is 0. The van der Waals surface area contributed by atoms with E-state index in [0.717, 1.165) is 0 Å². The van der Waals surface area contributed by atoms with Gasteiger partial charge in [0.2, 0.25) is 0 Å². The molecule has 0 aliphatic rings. The smallest absolute Gasteiger partial charge is 0.226 e. The van der Waals surface area contributed by atoms with Gasteiger partial charge in [0, 0.05) is 0 Å². The summed E-state index contributed by atoms with van der Waals surface area (Å²) in [6.07, 6.45) is 0. The zero-order chi connectivity index (χ0) is 4.28. The molecule has 5 heteroatoms. The molecule has 0 amide bonds. The molecule has 1 atom stereocenters. The van der Waals surface area contributed by atoms with E-state index in [-0.39, 0.29) is 0 Å². The standard InChI is InChI=1S/F2H3NP2/c1-5(2)3-4/h3H,4H2. The summed E-state index contributed by atoms with van der Waals surface area (Å²) in [6, 6.07) is 0. The van der Waals surface area contributed by atoms with Gasteiger partial charge in [-0.05, 0) is 0 Å². The first-order valence-corrected chi connectivity index (χ1v) is 2.55. The average Bonchev–Trinajstić information content (AvgIpc) is 1.38. The van der Waals surface area contributed by atoms with Crippen LogP contribution in [0.1, 0.15) is 0 Å². The van der Waals surface area contributed by atoms with E-state index in [1.54, 1.807) is 14.2 Å². The lowest BCUT2D eigenvalue weighted by molar-refractivity contribution is 0.739. The van der Waals surface area contributed by atoms with Crippen molar-refractivity contribution in [2.24, 2.45) is 0 Å². The summed E-state index contributed by atoms with van der Waals surface area (Å²) in [6.45, 7) is 0. The molecule has 32 valence electrons. The highest BCUT2D eigenvalue weighted by Gasteiger charge is 1.92. The zero-order valence-electron chi connectivity index (χ0n) is 2.28. The van der Waals surface area contributed by atoms with Crippen molar-refractivity contribution in [2.75, 3.05) is 0 Å². The monoisotopic (exact) mass is 117 g/mol. The molecule has 0 aliphatic carbocycles. The van der Waals surface area contributed by atoms with E-state index in [2.05, 4.69) is 0 Å². The Labute approximate surface area is 32.4 Å². The van der Waals surface area contributed by atoms with E-state index >= 15 is 0 Å². The lowest BCUT2D eigenvalue weighted by Gasteiger charge is -1.83. The molecule has 0 heterocycles. The van der Waals surface area contributed by atoms with Crippen molar-refractivity contribution in [1.29, 1.82) is 0 Å². The molecule has 1 unspecified atom stereocenters. The van der Waals surface area contributed by atoms with Gasteiger partial charge in [-0.15, -0.1) is 0 Å². The van der Waals surface area contributed by atoms with Gasteiger partial charge >= 0.3 is 8.69 Å². The van der Waals surface area contributed by atoms with Crippen LogP contribution < -0.4 is 4.86 Å². The second-order valence-electron chi connectivity index (χ2n) is 0.362. The summed E-state index contributed by atoms with van der Waals surface area (Å²) < 4.78 is 21.4. The van der Waals surface area contributed by atoms with E-state index in [4.69, 9.17) is 0 Å². The number of halogens is 2. The van der Waals surface area contributed by atoms with Crippen LogP contribution in [0, 0.1) is 0 Å². The number of nitrogens with one attached hydrogen (secondary N) is 1. The number of hydrogen-bond acceptors (Lipinski definition) is 1. The highest BCUT2D eigenvalue weighted by Crippen LogP contribution is 2.33. The van der Waals surface area contributed by atoms with Crippen molar-refractivity contribution in [3.8, 4) is 0 Å². The van der Waals surface area contributed by atoms with Crippen molar-refractivity contribution in [3.63, 3.8) is 0 Å². The Morgan fingerprint density at radius 2 is 1.80 bits per heavy atom. The van der Waals surface area contributed by atoms with Crippen molar-refractivity contribution in [3.05, 3.63) is 0 Å². The molecule has 0 spiro atoms. The number of hydrogen-bond donors (Lipinski definition) is 1. The first-order valence-electron chi connectivity index (χ1n) is 0.850. The molecule has 0 aliphatic heterocycles. The summed E-state index contributed by atoms with van der Waals surface area (Å²) >= 11 is 0. The van der Waals surface area contributed by atoms with Gasteiger partial charge in [-0.1, -0.05) is 9.39 Å². The van der Waals surface area contributed by atoms with E-state index in [1.165, 1.54) is 0 Å². The van der Waals surface area contributed by atoms with Crippen LogP contribution in [0.3, 0.4) is 0 Å². The second-order valence-corrected chi connectivity index (χ2v) is 1.86. The van der Waals surface area contributed by atoms with E-state index in [1.807, 2.05) is 0 Å². The Morgan fingerprint density at radius 1 is 1.60 bits per heavy atom. The van der Waals surface area contributed by atoms with Crippen LogP contribution in [-0.4, -0.2) is 0 Å². The van der Waals surface area contributed by atoms with Crippen LogP contribution in [0.2, 0.25) is 0 Å². The third-order valence-corrected chi connectivity index (χ3v) is 0.878. The minimum atomic E-state index is -2.89. The van der Waals surface area contributed by atoms with Crippen LogP contribution in [0.5, 0.6) is 0 Å². The molecule has 0 aromatic carbocycles. The van der Waals surface area contributed by atoms with Gasteiger partial charge in [-0.3, -0.25) is 0 Å². The molecule has 1 nitrogen and oxygen atoms in total. The normalized spacial score (nSPS) is 9.60. The highest BCUT2D eigenvalue weighted by molar-refractivity contribution is 7.51. The van der Waals surface area contributed by atoms with Gasteiger partial charge < -0.3 is 0 Å². The second kappa shape index (κ2) is 2.89. The maximum Gasteiger partial charge on any atom is 0.346 e. The first kappa shape index (κ1) is 5.68. The minimum Gasteiger partial charge on any atom is -0.226 e. The molecule has 0 bridgehead atoms. The Balaban J connectivity index is 2.54. The molecular formula is H3F2NP2. The van der Waals surface area contributed by atoms with Gasteiger partial charge in [-0.25, -0.2) is 4.86 Å².